The number of nitrogens with one attached hydrogen (secondary N) is 2. The molecule has 0 radical (unpaired) electrons. The molecule has 0 fully saturated rings. The minimum atomic E-state index is -0.166. The number of carbonyl (C=O) groups excluding carboxylic acids is 1. The molecule has 0 bridgehead atoms. The van der Waals surface area contributed by atoms with Crippen molar-refractivity contribution in [2.24, 2.45) is 0 Å². The third-order valence-corrected chi connectivity index (χ3v) is 2.20. The van der Waals surface area contributed by atoms with Crippen molar-refractivity contribution in [3.63, 3.8) is 0 Å². The number of anilines is 1. The van der Waals surface area contributed by atoms with Gasteiger partial charge in [0.1, 0.15) is 6.04 Å². The highest BCUT2D eigenvalue weighted by Crippen LogP contribution is 2.29. The first kappa shape index (κ1) is 11.0. The Morgan fingerprint density at radius 3 is 2.86 bits per heavy atom. The molecule has 1 amide bonds. The lowest BCUT2D eigenvalue weighted by molar-refractivity contribution is -0.117. The van der Waals surface area contributed by atoms with Gasteiger partial charge in [0.2, 0.25) is 5.91 Å². The van der Waals surface area contributed by atoms with Crippen LogP contribution >= 0.6 is 12.4 Å². The monoisotopic (exact) mass is 212 g/mol. The van der Waals surface area contributed by atoms with Gasteiger partial charge in [0.25, 0.3) is 0 Å². The molecule has 14 heavy (non-hydrogen) atoms. The summed E-state index contributed by atoms with van der Waals surface area (Å²) in [7, 11) is 0. The summed E-state index contributed by atoms with van der Waals surface area (Å²) in [6.07, 6.45) is 0. The van der Waals surface area contributed by atoms with E-state index >= 15 is 0 Å². The van der Waals surface area contributed by atoms with Crippen molar-refractivity contribution in [2.75, 3.05) is 11.9 Å². The highest BCUT2D eigenvalue weighted by Gasteiger charge is 2.28. The fourth-order valence-electron chi connectivity index (χ4n) is 1.62. The third-order valence-electron chi connectivity index (χ3n) is 2.20. The van der Waals surface area contributed by atoms with E-state index in [-0.39, 0.29) is 24.4 Å². The van der Waals surface area contributed by atoms with Crippen LogP contribution in [0.5, 0.6) is 0 Å². The van der Waals surface area contributed by atoms with Crippen LogP contribution in [0.4, 0.5) is 5.69 Å². The molecule has 3 nitrogen and oxygen atoms in total. The Morgan fingerprint density at radius 2 is 2.14 bits per heavy atom. The number of halogens is 1. The third kappa shape index (κ3) is 1.74. The summed E-state index contributed by atoms with van der Waals surface area (Å²) in [5.41, 5.74) is 1.98. The number of fused-ring (bicyclic) bond motifs is 1. The highest BCUT2D eigenvalue weighted by atomic mass is 35.5. The minimum absolute atomic E-state index is 0. The van der Waals surface area contributed by atoms with Crippen LogP contribution in [0.3, 0.4) is 0 Å². The van der Waals surface area contributed by atoms with Crippen molar-refractivity contribution in [3.05, 3.63) is 29.8 Å². The van der Waals surface area contributed by atoms with E-state index in [0.717, 1.165) is 17.8 Å². The van der Waals surface area contributed by atoms with Crippen molar-refractivity contribution in [2.45, 2.75) is 13.0 Å². The number of hydrogen-bond donors (Lipinski definition) is 2. The fraction of sp³-hybridized carbons (Fsp3) is 0.300. The van der Waals surface area contributed by atoms with Crippen LogP contribution in [0.1, 0.15) is 18.5 Å². The Balaban J connectivity index is 0.000000980. The van der Waals surface area contributed by atoms with E-state index in [9.17, 15) is 4.79 Å². The summed E-state index contributed by atoms with van der Waals surface area (Å²) in [6.45, 7) is 2.79. The van der Waals surface area contributed by atoms with Gasteiger partial charge in [0.05, 0.1) is 0 Å². The van der Waals surface area contributed by atoms with E-state index in [2.05, 4.69) is 10.6 Å². The van der Waals surface area contributed by atoms with Crippen molar-refractivity contribution < 1.29 is 4.79 Å². The van der Waals surface area contributed by atoms with Crippen LogP contribution in [-0.4, -0.2) is 12.5 Å². The van der Waals surface area contributed by atoms with Crippen molar-refractivity contribution in [1.29, 1.82) is 0 Å². The lowest BCUT2D eigenvalue weighted by Crippen LogP contribution is -2.27. The van der Waals surface area contributed by atoms with Crippen LogP contribution in [-0.2, 0) is 4.79 Å². The Hall–Kier alpha value is -1.06. The van der Waals surface area contributed by atoms with Gasteiger partial charge in [0.15, 0.2) is 0 Å². The number of benzene rings is 1. The second-order valence-electron chi connectivity index (χ2n) is 3.07. The van der Waals surface area contributed by atoms with Gasteiger partial charge in [0, 0.05) is 11.3 Å². The molecule has 0 saturated heterocycles. The SMILES string of the molecule is CCNC1C(=O)Nc2ccccc21.Cl. The molecular formula is C10H13ClN2O. The zero-order valence-electron chi connectivity index (χ0n) is 7.91. The molecule has 0 aromatic heterocycles. The predicted molar refractivity (Wildman–Crippen MR) is 58.7 cm³/mol. The van der Waals surface area contributed by atoms with E-state index in [4.69, 9.17) is 0 Å². The molecule has 0 saturated carbocycles. The van der Waals surface area contributed by atoms with Crippen LogP contribution in [0.2, 0.25) is 0 Å². The van der Waals surface area contributed by atoms with Gasteiger partial charge < -0.3 is 10.6 Å². The van der Waals surface area contributed by atoms with Gasteiger partial charge in [-0.15, -0.1) is 12.4 Å². The first-order valence-electron chi connectivity index (χ1n) is 4.46. The van der Waals surface area contributed by atoms with Crippen molar-refractivity contribution >= 4 is 24.0 Å². The van der Waals surface area contributed by atoms with E-state index in [1.54, 1.807) is 0 Å². The van der Waals surface area contributed by atoms with Gasteiger partial charge in [-0.05, 0) is 12.6 Å². The molecule has 0 spiro atoms. The summed E-state index contributed by atoms with van der Waals surface area (Å²) >= 11 is 0. The summed E-state index contributed by atoms with van der Waals surface area (Å²) in [6, 6.07) is 7.60. The molecule has 1 aromatic carbocycles. The van der Waals surface area contributed by atoms with E-state index in [1.165, 1.54) is 0 Å². The first-order chi connectivity index (χ1) is 6.33. The van der Waals surface area contributed by atoms with Gasteiger partial charge in [-0.25, -0.2) is 0 Å². The Bertz CT molecular complexity index is 341. The topological polar surface area (TPSA) is 41.1 Å². The highest BCUT2D eigenvalue weighted by molar-refractivity contribution is 6.02. The smallest absolute Gasteiger partial charge is 0.246 e. The van der Waals surface area contributed by atoms with Crippen LogP contribution in [0.15, 0.2) is 24.3 Å². The van der Waals surface area contributed by atoms with Crippen LogP contribution in [0.25, 0.3) is 0 Å². The average molecular weight is 213 g/mol. The summed E-state index contributed by atoms with van der Waals surface area (Å²) in [5.74, 6) is 0.0445. The van der Waals surface area contributed by atoms with Crippen LogP contribution < -0.4 is 10.6 Å². The maximum atomic E-state index is 11.4. The standard InChI is InChI=1S/C10H12N2O.ClH/c1-2-11-9-7-5-3-4-6-8(7)12-10(9)13;/h3-6,9,11H,2H2,1H3,(H,12,13);1H. The number of hydrogen-bond acceptors (Lipinski definition) is 2. The lowest BCUT2D eigenvalue weighted by atomic mass is 10.1. The number of amides is 1. The van der Waals surface area contributed by atoms with Gasteiger partial charge in [-0.1, -0.05) is 25.1 Å². The lowest BCUT2D eigenvalue weighted by Gasteiger charge is -2.08. The van der Waals surface area contributed by atoms with Crippen molar-refractivity contribution in [3.8, 4) is 0 Å². The maximum absolute atomic E-state index is 11.4. The fourth-order valence-corrected chi connectivity index (χ4v) is 1.62. The van der Waals surface area contributed by atoms with Gasteiger partial charge >= 0.3 is 0 Å². The normalized spacial score (nSPS) is 18.4. The number of carbonyl (C=O) groups is 1. The Labute approximate surface area is 89.3 Å². The largest absolute Gasteiger partial charge is 0.324 e. The second-order valence-corrected chi connectivity index (χ2v) is 3.07. The van der Waals surface area contributed by atoms with Gasteiger partial charge in [-0.2, -0.15) is 0 Å². The predicted octanol–water partition coefficient (Wildman–Crippen LogP) is 1.71. The molecule has 76 valence electrons. The summed E-state index contributed by atoms with van der Waals surface area (Å²) < 4.78 is 0. The molecule has 1 atom stereocenters. The van der Waals surface area contributed by atoms with Crippen LogP contribution in [0, 0.1) is 0 Å². The molecule has 2 N–H and O–H groups in total. The van der Waals surface area contributed by atoms with Gasteiger partial charge in [-0.3, -0.25) is 4.79 Å². The minimum Gasteiger partial charge on any atom is -0.324 e. The summed E-state index contributed by atoms with van der Waals surface area (Å²) in [5, 5.41) is 5.97. The molecule has 1 aromatic rings. The molecule has 2 rings (SSSR count). The zero-order chi connectivity index (χ0) is 9.26. The van der Waals surface area contributed by atoms with E-state index < -0.39 is 0 Å². The quantitative estimate of drug-likeness (QED) is 0.784. The molecule has 1 aliphatic rings. The van der Waals surface area contributed by atoms with E-state index in [0.29, 0.717) is 0 Å². The summed E-state index contributed by atoms with van der Waals surface area (Å²) in [4.78, 5) is 11.4. The molecule has 0 aliphatic carbocycles. The number of likely N-dealkylation sites (N-methyl/N-ethyl adjacent to an activating group) is 1. The number of rotatable bonds is 2. The molecule has 1 aliphatic heterocycles. The maximum Gasteiger partial charge on any atom is 0.246 e. The average Bonchev–Trinajstić information content (AvgIpc) is 2.44. The Morgan fingerprint density at radius 1 is 1.43 bits per heavy atom. The second kappa shape index (κ2) is 4.44. The zero-order valence-corrected chi connectivity index (χ0v) is 8.73. The van der Waals surface area contributed by atoms with Crippen molar-refractivity contribution in [1.82, 2.24) is 5.32 Å². The molecule has 1 unspecified atom stereocenters. The molecular weight excluding hydrogens is 200 g/mol. The molecule has 4 heteroatoms. The first-order valence-corrected chi connectivity index (χ1v) is 4.46. The number of para-hydroxylation sites is 1. The van der Waals surface area contributed by atoms with E-state index in [1.807, 2.05) is 31.2 Å². The Kier molecular flexibility index (Phi) is 3.49. The molecule has 1 heterocycles.